The summed E-state index contributed by atoms with van der Waals surface area (Å²) in [6.45, 7) is -0.277. The van der Waals surface area contributed by atoms with Gasteiger partial charge in [0.25, 0.3) is 11.6 Å². The summed E-state index contributed by atoms with van der Waals surface area (Å²) in [5.74, 6) is -0.544. The molecule has 136 valence electrons. The van der Waals surface area contributed by atoms with Crippen LogP contribution < -0.4 is 10.1 Å². The number of carbonyl (C=O) groups excluding carboxylic acids is 2. The van der Waals surface area contributed by atoms with Gasteiger partial charge < -0.3 is 14.8 Å². The number of aryl methyl sites for hydroxylation is 1. The van der Waals surface area contributed by atoms with Crippen LogP contribution in [-0.2, 0) is 22.4 Å². The van der Waals surface area contributed by atoms with E-state index in [9.17, 15) is 19.7 Å². The maximum atomic E-state index is 12.2. The van der Waals surface area contributed by atoms with Crippen molar-refractivity contribution in [2.24, 2.45) is 0 Å². The molecular formula is C17H16N2O6S. The first-order valence-corrected chi connectivity index (χ1v) is 8.71. The van der Waals surface area contributed by atoms with Crippen molar-refractivity contribution in [1.82, 2.24) is 0 Å². The second kappa shape index (κ2) is 7.52. The maximum Gasteiger partial charge on any atom is 0.341 e. The minimum Gasteiger partial charge on any atom is -0.484 e. The van der Waals surface area contributed by atoms with E-state index < -0.39 is 16.8 Å². The lowest BCUT2D eigenvalue weighted by atomic mass is 10.1. The summed E-state index contributed by atoms with van der Waals surface area (Å²) in [5.41, 5.74) is 1.32. The van der Waals surface area contributed by atoms with E-state index in [1.165, 1.54) is 42.7 Å². The largest absolute Gasteiger partial charge is 0.484 e. The van der Waals surface area contributed by atoms with Crippen molar-refractivity contribution in [2.45, 2.75) is 19.3 Å². The number of ether oxygens (including phenoxy) is 2. The molecule has 1 aliphatic carbocycles. The van der Waals surface area contributed by atoms with E-state index >= 15 is 0 Å². The van der Waals surface area contributed by atoms with Crippen LogP contribution in [0.4, 0.5) is 10.7 Å². The number of nitro groups is 1. The SMILES string of the molecule is COC(=O)c1c(NC(=O)COc2ccc([N+](=O)[O-])cc2)sc2c1CCC2. The number of benzene rings is 1. The Labute approximate surface area is 152 Å². The van der Waals surface area contributed by atoms with Crippen molar-refractivity contribution in [3.8, 4) is 5.75 Å². The van der Waals surface area contributed by atoms with Gasteiger partial charge in [0.05, 0.1) is 17.6 Å². The number of thiophene rings is 1. The zero-order valence-corrected chi connectivity index (χ0v) is 14.8. The average molecular weight is 376 g/mol. The number of nitrogens with zero attached hydrogens (tertiary/aromatic N) is 1. The van der Waals surface area contributed by atoms with Crippen LogP contribution in [0, 0.1) is 10.1 Å². The molecule has 0 aliphatic heterocycles. The van der Waals surface area contributed by atoms with Crippen LogP contribution in [0.3, 0.4) is 0 Å². The Hall–Kier alpha value is -2.94. The highest BCUT2D eigenvalue weighted by atomic mass is 32.1. The Morgan fingerprint density at radius 3 is 2.65 bits per heavy atom. The second-order valence-electron chi connectivity index (χ2n) is 5.64. The molecule has 1 aromatic heterocycles. The van der Waals surface area contributed by atoms with E-state index in [4.69, 9.17) is 9.47 Å². The topological polar surface area (TPSA) is 108 Å². The van der Waals surface area contributed by atoms with Crippen molar-refractivity contribution in [3.05, 3.63) is 50.4 Å². The van der Waals surface area contributed by atoms with Gasteiger partial charge in [-0.25, -0.2) is 4.79 Å². The highest BCUT2D eigenvalue weighted by Gasteiger charge is 2.28. The molecular weight excluding hydrogens is 360 g/mol. The smallest absolute Gasteiger partial charge is 0.341 e. The van der Waals surface area contributed by atoms with Gasteiger partial charge in [-0.15, -0.1) is 11.3 Å². The number of nitrogens with one attached hydrogen (secondary N) is 1. The number of amides is 1. The highest BCUT2D eigenvalue weighted by molar-refractivity contribution is 7.17. The van der Waals surface area contributed by atoms with Crippen molar-refractivity contribution in [1.29, 1.82) is 0 Å². The molecule has 0 unspecified atom stereocenters. The molecule has 0 atom stereocenters. The second-order valence-corrected chi connectivity index (χ2v) is 6.75. The molecule has 1 N–H and O–H groups in total. The van der Waals surface area contributed by atoms with Crippen LogP contribution in [0.1, 0.15) is 27.2 Å². The van der Waals surface area contributed by atoms with Gasteiger partial charge in [-0.3, -0.25) is 14.9 Å². The van der Waals surface area contributed by atoms with E-state index in [-0.39, 0.29) is 12.3 Å². The van der Waals surface area contributed by atoms with Crippen molar-refractivity contribution < 1.29 is 24.0 Å². The predicted octanol–water partition coefficient (Wildman–Crippen LogP) is 2.95. The zero-order chi connectivity index (χ0) is 18.7. The Bertz CT molecular complexity index is 859. The fourth-order valence-electron chi connectivity index (χ4n) is 2.79. The number of hydrogen-bond acceptors (Lipinski definition) is 7. The number of rotatable bonds is 6. The van der Waals surface area contributed by atoms with Crippen LogP contribution in [0.2, 0.25) is 0 Å². The molecule has 0 spiro atoms. The Kier molecular flexibility index (Phi) is 5.17. The van der Waals surface area contributed by atoms with Gasteiger partial charge >= 0.3 is 5.97 Å². The van der Waals surface area contributed by atoms with Crippen molar-refractivity contribution in [2.75, 3.05) is 19.0 Å². The molecule has 2 aromatic rings. The molecule has 0 fully saturated rings. The monoisotopic (exact) mass is 376 g/mol. The minimum atomic E-state index is -0.513. The minimum absolute atomic E-state index is 0.0578. The predicted molar refractivity (Wildman–Crippen MR) is 94.9 cm³/mol. The van der Waals surface area contributed by atoms with Crippen LogP contribution >= 0.6 is 11.3 Å². The summed E-state index contributed by atoms with van der Waals surface area (Å²) in [6.07, 6.45) is 2.67. The van der Waals surface area contributed by atoms with Crippen LogP contribution in [0.25, 0.3) is 0 Å². The Morgan fingerprint density at radius 1 is 1.27 bits per heavy atom. The number of methoxy groups -OCH3 is 1. The summed E-state index contributed by atoms with van der Waals surface area (Å²) < 4.78 is 10.2. The fraction of sp³-hybridized carbons (Fsp3) is 0.294. The summed E-state index contributed by atoms with van der Waals surface area (Å²) in [7, 11) is 1.31. The number of anilines is 1. The molecule has 1 aromatic carbocycles. The molecule has 0 bridgehead atoms. The molecule has 0 radical (unpaired) electrons. The zero-order valence-electron chi connectivity index (χ0n) is 13.9. The standard InChI is InChI=1S/C17H16N2O6S/c1-24-17(21)15-12-3-2-4-13(12)26-16(15)18-14(20)9-25-11-7-5-10(6-8-11)19(22)23/h5-8H,2-4,9H2,1H3,(H,18,20). The lowest BCUT2D eigenvalue weighted by molar-refractivity contribution is -0.384. The summed E-state index contributed by atoms with van der Waals surface area (Å²) in [6, 6.07) is 5.44. The molecule has 0 saturated heterocycles. The van der Waals surface area contributed by atoms with Gasteiger partial charge in [-0.2, -0.15) is 0 Å². The molecule has 1 aliphatic rings. The van der Waals surface area contributed by atoms with Gasteiger partial charge in [0, 0.05) is 17.0 Å². The quantitative estimate of drug-likeness (QED) is 0.472. The summed E-state index contributed by atoms with van der Waals surface area (Å²) >= 11 is 1.38. The maximum absolute atomic E-state index is 12.2. The first-order valence-electron chi connectivity index (χ1n) is 7.89. The van der Waals surface area contributed by atoms with Gasteiger partial charge in [0.15, 0.2) is 6.61 Å². The lowest BCUT2D eigenvalue weighted by Crippen LogP contribution is -2.21. The van der Waals surface area contributed by atoms with E-state index in [1.54, 1.807) is 0 Å². The third kappa shape index (κ3) is 3.67. The molecule has 26 heavy (non-hydrogen) atoms. The highest BCUT2D eigenvalue weighted by Crippen LogP contribution is 2.39. The van der Waals surface area contributed by atoms with Crippen LogP contribution in [-0.4, -0.2) is 30.5 Å². The number of non-ortho nitro benzene ring substituents is 1. The van der Waals surface area contributed by atoms with E-state index in [1.807, 2.05) is 0 Å². The molecule has 8 nitrogen and oxygen atoms in total. The number of hydrogen-bond donors (Lipinski definition) is 1. The average Bonchev–Trinajstić information content (AvgIpc) is 3.20. The number of esters is 1. The normalized spacial score (nSPS) is 12.3. The Balaban J connectivity index is 1.65. The molecule has 9 heteroatoms. The number of fused-ring (bicyclic) bond motifs is 1. The van der Waals surface area contributed by atoms with Crippen molar-refractivity contribution in [3.63, 3.8) is 0 Å². The first-order chi connectivity index (χ1) is 12.5. The first kappa shape index (κ1) is 17.9. The molecule has 3 rings (SSSR count). The Morgan fingerprint density at radius 2 is 2.00 bits per heavy atom. The van der Waals surface area contributed by atoms with E-state index in [0.29, 0.717) is 16.3 Å². The molecule has 0 saturated carbocycles. The summed E-state index contributed by atoms with van der Waals surface area (Å²) in [5, 5.41) is 13.8. The third-order valence-corrected chi connectivity index (χ3v) is 5.19. The van der Waals surface area contributed by atoms with E-state index in [2.05, 4.69) is 5.32 Å². The third-order valence-electron chi connectivity index (χ3n) is 3.98. The van der Waals surface area contributed by atoms with Gasteiger partial charge in [-0.1, -0.05) is 0 Å². The van der Waals surface area contributed by atoms with Gasteiger partial charge in [-0.05, 0) is 37.0 Å². The number of carbonyl (C=O) groups is 2. The lowest BCUT2D eigenvalue weighted by Gasteiger charge is -2.08. The number of nitro benzene ring substituents is 1. The van der Waals surface area contributed by atoms with Crippen LogP contribution in [0.5, 0.6) is 5.75 Å². The molecule has 1 heterocycles. The van der Waals surface area contributed by atoms with E-state index in [0.717, 1.165) is 29.7 Å². The van der Waals surface area contributed by atoms with Crippen LogP contribution in [0.15, 0.2) is 24.3 Å². The summed E-state index contributed by atoms with van der Waals surface area (Å²) in [4.78, 5) is 35.4. The molecule has 1 amide bonds. The van der Waals surface area contributed by atoms with Gasteiger partial charge in [0.2, 0.25) is 0 Å². The van der Waals surface area contributed by atoms with Gasteiger partial charge in [0.1, 0.15) is 10.8 Å². The van der Waals surface area contributed by atoms with Crippen molar-refractivity contribution >= 4 is 33.9 Å². The fourth-order valence-corrected chi connectivity index (χ4v) is 4.08.